The molecule has 0 unspecified atom stereocenters. The molecule has 0 aliphatic heterocycles. The number of carbonyl (C=O) groups is 3. The van der Waals surface area contributed by atoms with Crippen LogP contribution in [0.4, 0.5) is 0 Å². The van der Waals surface area contributed by atoms with Crippen molar-refractivity contribution in [2.24, 2.45) is 10.8 Å². The van der Waals surface area contributed by atoms with E-state index in [0.29, 0.717) is 28.4 Å². The summed E-state index contributed by atoms with van der Waals surface area (Å²) >= 11 is 0. The molecule has 0 N–H and O–H groups in total. The molecular weight excluding hydrogens is 504 g/mol. The summed E-state index contributed by atoms with van der Waals surface area (Å²) in [4.78, 5) is 38.4. The minimum atomic E-state index is -0.709. The molecule has 0 bridgehead atoms. The molecule has 0 aliphatic rings. The van der Waals surface area contributed by atoms with Crippen LogP contribution in [0.1, 0.15) is 109 Å². The first-order chi connectivity index (χ1) is 18.6. The van der Waals surface area contributed by atoms with Gasteiger partial charge in [0, 0.05) is 5.56 Å². The molecule has 0 radical (unpaired) electrons. The number of rotatable bonds is 11. The summed E-state index contributed by atoms with van der Waals surface area (Å²) in [6.07, 6.45) is 6.32. The first-order valence-corrected chi connectivity index (χ1v) is 14.2. The predicted molar refractivity (Wildman–Crippen MR) is 160 cm³/mol. The molecule has 2 aromatic rings. The molecule has 0 aromatic heterocycles. The summed E-state index contributed by atoms with van der Waals surface area (Å²) in [7, 11) is 0. The van der Waals surface area contributed by atoms with Gasteiger partial charge in [-0.2, -0.15) is 0 Å². The van der Waals surface area contributed by atoms with E-state index in [-0.39, 0.29) is 23.8 Å². The maximum absolute atomic E-state index is 13.2. The van der Waals surface area contributed by atoms with E-state index >= 15 is 0 Å². The number of hydrogen-bond acceptors (Lipinski definition) is 6. The molecule has 0 aliphatic carbocycles. The van der Waals surface area contributed by atoms with Crippen LogP contribution in [0.5, 0.6) is 17.2 Å². The van der Waals surface area contributed by atoms with Gasteiger partial charge in [-0.15, -0.1) is 0 Å². The van der Waals surface area contributed by atoms with E-state index in [1.807, 2.05) is 34.6 Å². The van der Waals surface area contributed by atoms with Gasteiger partial charge < -0.3 is 14.2 Å². The van der Waals surface area contributed by atoms with Gasteiger partial charge >= 0.3 is 11.9 Å². The van der Waals surface area contributed by atoms with Crippen LogP contribution in [0, 0.1) is 10.8 Å². The van der Waals surface area contributed by atoms with Crippen molar-refractivity contribution in [3.63, 3.8) is 0 Å². The summed E-state index contributed by atoms with van der Waals surface area (Å²) in [5.74, 6) is 0.491. The van der Waals surface area contributed by atoms with Crippen molar-refractivity contribution >= 4 is 23.8 Å². The Balaban J connectivity index is 2.59. The molecule has 0 heterocycles. The molecule has 2 aromatic carbocycles. The van der Waals surface area contributed by atoms with Crippen LogP contribution >= 0.6 is 0 Å². The number of ether oxygens (including phenoxy) is 3. The third-order valence-corrected chi connectivity index (χ3v) is 5.98. The zero-order chi connectivity index (χ0) is 30.3. The Labute approximate surface area is 240 Å². The van der Waals surface area contributed by atoms with Crippen molar-refractivity contribution in [2.75, 3.05) is 0 Å². The van der Waals surface area contributed by atoms with Gasteiger partial charge in [0.1, 0.15) is 17.2 Å². The van der Waals surface area contributed by atoms with E-state index in [9.17, 15) is 14.4 Å². The molecule has 0 saturated heterocycles. The number of allylic oxidation sites excluding steroid dienone is 1. The van der Waals surface area contributed by atoms with Crippen LogP contribution in [0.25, 0.3) is 6.08 Å². The van der Waals surface area contributed by atoms with Gasteiger partial charge in [-0.25, -0.2) is 0 Å². The highest BCUT2D eigenvalue weighted by Crippen LogP contribution is 2.40. The van der Waals surface area contributed by atoms with Crippen molar-refractivity contribution < 1.29 is 28.6 Å². The second-order valence-electron chi connectivity index (χ2n) is 12.4. The van der Waals surface area contributed by atoms with Crippen LogP contribution in [0.2, 0.25) is 0 Å². The Morgan fingerprint density at radius 2 is 1.27 bits per heavy atom. The van der Waals surface area contributed by atoms with Crippen molar-refractivity contribution in [3.05, 3.63) is 58.7 Å². The van der Waals surface area contributed by atoms with Crippen molar-refractivity contribution in [2.45, 2.75) is 101 Å². The first kappa shape index (κ1) is 32.8. The fraction of sp³-hybridized carbons (Fsp3) is 0.500. The van der Waals surface area contributed by atoms with Gasteiger partial charge in [0.2, 0.25) is 0 Å². The number of esters is 2. The van der Waals surface area contributed by atoms with Gasteiger partial charge in [0.25, 0.3) is 0 Å². The predicted octanol–water partition coefficient (Wildman–Crippen LogP) is 8.18. The molecular formula is C34H46O6. The van der Waals surface area contributed by atoms with E-state index in [1.165, 1.54) is 6.08 Å². The average Bonchev–Trinajstić information content (AvgIpc) is 2.85. The van der Waals surface area contributed by atoms with Crippen LogP contribution in [0.3, 0.4) is 0 Å². The minimum Gasteiger partial charge on any atom is -0.490 e. The Kier molecular flexibility index (Phi) is 11.3. The summed E-state index contributed by atoms with van der Waals surface area (Å²) < 4.78 is 17.7. The lowest BCUT2D eigenvalue weighted by Crippen LogP contribution is -2.26. The van der Waals surface area contributed by atoms with Gasteiger partial charge in [-0.1, -0.05) is 26.7 Å². The lowest BCUT2D eigenvalue weighted by Gasteiger charge is -2.24. The molecule has 218 valence electrons. The second kappa shape index (κ2) is 13.8. The van der Waals surface area contributed by atoms with Crippen LogP contribution in [-0.2, 0) is 22.4 Å². The molecule has 0 fully saturated rings. The maximum Gasteiger partial charge on any atom is 0.316 e. The maximum atomic E-state index is 13.2. The second-order valence-corrected chi connectivity index (χ2v) is 12.4. The van der Waals surface area contributed by atoms with E-state index < -0.39 is 10.8 Å². The van der Waals surface area contributed by atoms with Crippen LogP contribution < -0.4 is 14.2 Å². The lowest BCUT2D eigenvalue weighted by molar-refractivity contribution is -0.143. The number of ketones is 1. The van der Waals surface area contributed by atoms with Gasteiger partial charge in [0.15, 0.2) is 5.78 Å². The van der Waals surface area contributed by atoms with E-state index in [1.54, 1.807) is 51.1 Å². The topological polar surface area (TPSA) is 78.9 Å². The largest absolute Gasteiger partial charge is 0.490 e. The van der Waals surface area contributed by atoms with Gasteiger partial charge in [0.05, 0.1) is 22.5 Å². The molecule has 0 saturated carbocycles. The molecule has 0 atom stereocenters. The van der Waals surface area contributed by atoms with Crippen molar-refractivity contribution in [3.8, 4) is 17.2 Å². The molecule has 0 amide bonds. The van der Waals surface area contributed by atoms with Gasteiger partial charge in [-0.05, 0) is 122 Å². The molecule has 0 spiro atoms. The van der Waals surface area contributed by atoms with Crippen molar-refractivity contribution in [1.82, 2.24) is 0 Å². The molecule has 6 nitrogen and oxygen atoms in total. The quantitative estimate of drug-likeness (QED) is 0.121. The highest BCUT2D eigenvalue weighted by Gasteiger charge is 2.28. The highest BCUT2D eigenvalue weighted by atomic mass is 16.5. The average molecular weight is 551 g/mol. The Morgan fingerprint density at radius 3 is 1.75 bits per heavy atom. The zero-order valence-corrected chi connectivity index (χ0v) is 25.9. The Morgan fingerprint density at radius 1 is 0.775 bits per heavy atom. The lowest BCUT2D eigenvalue weighted by atomic mass is 9.94. The van der Waals surface area contributed by atoms with E-state index in [4.69, 9.17) is 14.2 Å². The summed E-state index contributed by atoms with van der Waals surface area (Å²) in [5, 5.41) is 0. The summed E-state index contributed by atoms with van der Waals surface area (Å²) in [6.45, 7) is 18.9. The SMILES string of the molecule is CCCc1cc(CCC)c(OC(C)C)c(/C=C/C(=O)c2ccc(OC(=O)C(C)(C)C)cc2)c1OC(=O)C(C)(C)C. The van der Waals surface area contributed by atoms with Crippen molar-refractivity contribution in [1.29, 1.82) is 0 Å². The highest BCUT2D eigenvalue weighted by molar-refractivity contribution is 6.07. The fourth-order valence-electron chi connectivity index (χ4n) is 3.80. The van der Waals surface area contributed by atoms with E-state index in [0.717, 1.165) is 36.8 Å². The third-order valence-electron chi connectivity index (χ3n) is 5.98. The summed E-state index contributed by atoms with van der Waals surface area (Å²) in [6, 6.07) is 8.54. The van der Waals surface area contributed by atoms with Crippen LogP contribution in [-0.4, -0.2) is 23.8 Å². The number of carbonyl (C=O) groups excluding carboxylic acids is 3. The monoisotopic (exact) mass is 550 g/mol. The Hall–Kier alpha value is -3.41. The van der Waals surface area contributed by atoms with Crippen LogP contribution in [0.15, 0.2) is 36.4 Å². The fourth-order valence-corrected chi connectivity index (χ4v) is 3.80. The smallest absolute Gasteiger partial charge is 0.316 e. The number of benzene rings is 2. The molecule has 6 heteroatoms. The number of aryl methyl sites for hydroxylation is 2. The minimum absolute atomic E-state index is 0.120. The van der Waals surface area contributed by atoms with Gasteiger partial charge in [-0.3, -0.25) is 14.4 Å². The number of hydrogen-bond donors (Lipinski definition) is 0. The van der Waals surface area contributed by atoms with E-state index in [2.05, 4.69) is 19.9 Å². The Bertz CT molecular complexity index is 1220. The molecule has 40 heavy (non-hydrogen) atoms. The third kappa shape index (κ3) is 9.07. The normalized spacial score (nSPS) is 12.1. The molecule has 2 rings (SSSR count). The zero-order valence-electron chi connectivity index (χ0n) is 25.9. The summed E-state index contributed by atoms with van der Waals surface area (Å²) in [5.41, 5.74) is 1.61. The first-order valence-electron chi connectivity index (χ1n) is 14.2. The standard InChI is InChI=1S/C34H46O6/c1-11-13-24-21-25(14-12-2)30(40-32(37)34(8,9)10)27(29(24)38-22(3)4)19-20-28(35)23-15-17-26(18-16-23)39-31(36)33(5,6)7/h15-22H,11-14H2,1-10H3/b20-19+.